The van der Waals surface area contributed by atoms with Gasteiger partial charge in [0, 0.05) is 70.7 Å². The average Bonchev–Trinajstić information content (AvgIpc) is 3.93. The standard InChI is InChI=1S/C53H52Cl2N6O5/c1-8-64-53(63)43-29-59(28-37-17-12-13-21-56-37)49-42(43)25-39(66-30-36-15-10-9-11-16-36)26-45(49)60-27-33(4)61-50-41(19-20-44(54)47(50)46-34(5)57-58(7)35(46)6)40(51(61)52(60)62)18-14-22-65-38-23-31(2)48(55)32(3)24-38/h9-13,15-17,19-21,23-26,29,33H,8,14,18,22,27-28,30H2,1-7H3/t33-/m1/s1. The second-order valence-electron chi connectivity index (χ2n) is 17.1. The topological polar surface area (TPSA) is 106 Å². The van der Waals surface area contributed by atoms with Crippen molar-refractivity contribution in [3.05, 3.63) is 158 Å². The minimum Gasteiger partial charge on any atom is -0.494 e. The summed E-state index contributed by atoms with van der Waals surface area (Å²) in [6.45, 7) is 13.5. The van der Waals surface area contributed by atoms with Gasteiger partial charge in [0.2, 0.25) is 0 Å². The third-order valence-electron chi connectivity index (χ3n) is 12.6. The van der Waals surface area contributed by atoms with Crippen molar-refractivity contribution in [3.63, 3.8) is 0 Å². The summed E-state index contributed by atoms with van der Waals surface area (Å²) in [5, 5.41) is 7.64. The number of pyridine rings is 1. The average molecular weight is 924 g/mol. The number of anilines is 1. The SMILES string of the molecule is CCOC(=O)c1cn(Cc2ccccn2)c2c(N3C[C@@H](C)n4c(c(CCCOc5cc(C)c(Cl)c(C)c5)c5ccc(Cl)c(-c6c(C)nn(C)c6C)c54)C3=O)cc(OCc3ccccc3)cc12. The highest BCUT2D eigenvalue weighted by Gasteiger charge is 2.38. The van der Waals surface area contributed by atoms with E-state index in [4.69, 9.17) is 42.5 Å². The summed E-state index contributed by atoms with van der Waals surface area (Å²) in [4.78, 5) is 36.2. The Kier molecular flexibility index (Phi) is 12.4. The van der Waals surface area contributed by atoms with Crippen molar-refractivity contribution in [1.82, 2.24) is 23.9 Å². The summed E-state index contributed by atoms with van der Waals surface area (Å²) in [7, 11) is 1.93. The van der Waals surface area contributed by atoms with Gasteiger partial charge in [-0.3, -0.25) is 14.5 Å². The van der Waals surface area contributed by atoms with E-state index in [1.807, 2.05) is 134 Å². The molecule has 0 unspecified atom stereocenters. The molecule has 0 N–H and O–H groups in total. The van der Waals surface area contributed by atoms with Gasteiger partial charge in [-0.2, -0.15) is 5.10 Å². The molecular formula is C53H52Cl2N6O5. The van der Waals surface area contributed by atoms with E-state index in [9.17, 15) is 4.79 Å². The van der Waals surface area contributed by atoms with E-state index in [0.29, 0.717) is 71.2 Å². The first kappa shape index (κ1) is 44.6. The van der Waals surface area contributed by atoms with E-state index in [1.165, 1.54) is 0 Å². The van der Waals surface area contributed by atoms with Gasteiger partial charge in [-0.05, 0) is 113 Å². The van der Waals surface area contributed by atoms with Gasteiger partial charge in [-0.1, -0.05) is 65.7 Å². The second-order valence-corrected chi connectivity index (χ2v) is 17.9. The highest BCUT2D eigenvalue weighted by Crippen LogP contribution is 2.46. The van der Waals surface area contributed by atoms with Crippen LogP contribution in [0.5, 0.6) is 11.5 Å². The van der Waals surface area contributed by atoms with Crippen molar-refractivity contribution < 1.29 is 23.8 Å². The molecule has 1 atom stereocenters. The zero-order valence-corrected chi connectivity index (χ0v) is 39.8. The number of nitrogens with zero attached hydrogens (tertiary/aromatic N) is 6. The predicted octanol–water partition coefficient (Wildman–Crippen LogP) is 12.0. The number of aryl methyl sites for hydroxylation is 5. The molecule has 4 aromatic carbocycles. The van der Waals surface area contributed by atoms with Crippen LogP contribution in [0.2, 0.25) is 10.0 Å². The Balaban J connectivity index is 1.22. The highest BCUT2D eigenvalue weighted by molar-refractivity contribution is 6.35. The lowest BCUT2D eigenvalue weighted by Crippen LogP contribution is -2.43. The quantitative estimate of drug-likeness (QED) is 0.0790. The van der Waals surface area contributed by atoms with Crippen LogP contribution in [0.1, 0.15) is 86.5 Å². The number of benzene rings is 4. The Morgan fingerprint density at radius 1 is 0.864 bits per heavy atom. The van der Waals surface area contributed by atoms with Crippen LogP contribution in [0.4, 0.5) is 5.69 Å². The first-order valence-corrected chi connectivity index (χ1v) is 23.1. The molecule has 0 saturated heterocycles. The number of fused-ring (bicyclic) bond motifs is 4. The lowest BCUT2D eigenvalue weighted by Gasteiger charge is -2.35. The zero-order valence-electron chi connectivity index (χ0n) is 38.2. The smallest absolute Gasteiger partial charge is 0.340 e. The van der Waals surface area contributed by atoms with E-state index >= 15 is 4.79 Å². The molecule has 0 aliphatic carbocycles. The number of rotatable bonds is 14. The van der Waals surface area contributed by atoms with Crippen LogP contribution in [0.25, 0.3) is 32.9 Å². The van der Waals surface area contributed by atoms with E-state index in [0.717, 1.165) is 72.1 Å². The molecule has 13 heteroatoms. The molecular weight excluding hydrogens is 872 g/mol. The van der Waals surface area contributed by atoms with E-state index in [-0.39, 0.29) is 25.2 Å². The largest absolute Gasteiger partial charge is 0.494 e. The molecule has 0 radical (unpaired) electrons. The van der Waals surface area contributed by atoms with Crippen molar-refractivity contribution in [3.8, 4) is 22.6 Å². The van der Waals surface area contributed by atoms with E-state index < -0.39 is 5.97 Å². The van der Waals surface area contributed by atoms with Gasteiger partial charge in [-0.15, -0.1) is 0 Å². The Morgan fingerprint density at radius 3 is 2.30 bits per heavy atom. The number of hydrogen-bond donors (Lipinski definition) is 0. The first-order valence-electron chi connectivity index (χ1n) is 22.3. The molecule has 11 nitrogen and oxygen atoms in total. The molecule has 0 saturated carbocycles. The lowest BCUT2D eigenvalue weighted by atomic mass is 9.98. The maximum Gasteiger partial charge on any atom is 0.340 e. The summed E-state index contributed by atoms with van der Waals surface area (Å²) >= 11 is 13.7. The molecule has 1 amide bonds. The van der Waals surface area contributed by atoms with Crippen molar-refractivity contribution in [2.24, 2.45) is 7.05 Å². The second kappa shape index (κ2) is 18.4. The van der Waals surface area contributed by atoms with Crippen molar-refractivity contribution in [2.75, 3.05) is 24.7 Å². The van der Waals surface area contributed by atoms with Gasteiger partial charge in [0.05, 0.1) is 58.5 Å². The number of carbonyl (C=O) groups excluding carboxylic acids is 2. The summed E-state index contributed by atoms with van der Waals surface area (Å²) in [6.07, 6.45) is 4.72. The van der Waals surface area contributed by atoms with Crippen LogP contribution in [0.15, 0.2) is 97.3 Å². The first-order chi connectivity index (χ1) is 31.8. The predicted molar refractivity (Wildman–Crippen MR) is 262 cm³/mol. The zero-order chi connectivity index (χ0) is 46.4. The Bertz CT molecular complexity index is 3130. The molecule has 8 aromatic rings. The fourth-order valence-corrected chi connectivity index (χ4v) is 9.88. The highest BCUT2D eigenvalue weighted by atomic mass is 35.5. The third kappa shape index (κ3) is 8.19. The maximum atomic E-state index is 15.9. The summed E-state index contributed by atoms with van der Waals surface area (Å²) < 4.78 is 24.5. The molecule has 0 spiro atoms. The van der Waals surface area contributed by atoms with Crippen LogP contribution >= 0.6 is 23.2 Å². The number of aromatic nitrogens is 5. The molecule has 1 aliphatic heterocycles. The Hall–Kier alpha value is -6.56. The number of carbonyl (C=O) groups is 2. The minimum atomic E-state index is -0.467. The number of ether oxygens (including phenoxy) is 3. The van der Waals surface area contributed by atoms with E-state index in [2.05, 4.69) is 16.5 Å². The van der Waals surface area contributed by atoms with Crippen LogP contribution < -0.4 is 14.4 Å². The van der Waals surface area contributed by atoms with Crippen molar-refractivity contribution in [2.45, 2.75) is 73.6 Å². The minimum absolute atomic E-state index is 0.185. The molecule has 338 valence electrons. The molecule has 0 bridgehead atoms. The molecule has 4 aromatic heterocycles. The molecule has 5 heterocycles. The summed E-state index contributed by atoms with van der Waals surface area (Å²) in [5.41, 5.74) is 11.3. The van der Waals surface area contributed by atoms with Gasteiger partial charge >= 0.3 is 5.97 Å². The van der Waals surface area contributed by atoms with E-state index in [1.54, 1.807) is 19.3 Å². The van der Waals surface area contributed by atoms with Crippen molar-refractivity contribution in [1.29, 1.82) is 0 Å². The van der Waals surface area contributed by atoms with Gasteiger partial charge < -0.3 is 28.2 Å². The van der Waals surface area contributed by atoms with Crippen LogP contribution in [0, 0.1) is 27.7 Å². The lowest BCUT2D eigenvalue weighted by molar-refractivity contribution is 0.0528. The van der Waals surface area contributed by atoms with Crippen LogP contribution in [-0.2, 0) is 31.4 Å². The number of amides is 1. The van der Waals surface area contributed by atoms with Crippen LogP contribution in [-0.4, -0.2) is 55.5 Å². The van der Waals surface area contributed by atoms with Crippen LogP contribution in [0.3, 0.4) is 0 Å². The molecule has 0 fully saturated rings. The molecule has 1 aliphatic rings. The fourth-order valence-electron chi connectivity index (χ4n) is 9.52. The number of hydrogen-bond acceptors (Lipinski definition) is 7. The normalized spacial score (nSPS) is 13.7. The fraction of sp³-hybridized carbons (Fsp3) is 0.283. The number of esters is 1. The van der Waals surface area contributed by atoms with Gasteiger partial charge in [0.25, 0.3) is 5.91 Å². The maximum absolute atomic E-state index is 15.9. The summed E-state index contributed by atoms with van der Waals surface area (Å²) in [6, 6.07) is 27.1. The van der Waals surface area contributed by atoms with Gasteiger partial charge in [-0.25, -0.2) is 4.79 Å². The van der Waals surface area contributed by atoms with Gasteiger partial charge in [0.1, 0.15) is 23.8 Å². The number of halogens is 2. The summed E-state index contributed by atoms with van der Waals surface area (Å²) in [5.74, 6) is 0.608. The molecule has 9 rings (SSSR count). The Morgan fingerprint density at radius 2 is 1.61 bits per heavy atom. The van der Waals surface area contributed by atoms with Gasteiger partial charge in [0.15, 0.2) is 0 Å². The van der Waals surface area contributed by atoms with Crippen molar-refractivity contribution >= 4 is 62.6 Å². The molecule has 66 heavy (non-hydrogen) atoms. The third-order valence-corrected chi connectivity index (χ3v) is 13.5. The monoisotopic (exact) mass is 922 g/mol. The Labute approximate surface area is 394 Å².